The number of methoxy groups -OCH3 is 6. The number of allylic oxidation sites excluding steroid dienone is 2. The number of rotatable bonds is 12. The number of benzene rings is 3. The third kappa shape index (κ3) is 6.44. The van der Waals surface area contributed by atoms with Gasteiger partial charge in [-0.2, -0.15) is 0 Å². The summed E-state index contributed by atoms with van der Waals surface area (Å²) in [7, 11) is 9.51. The van der Waals surface area contributed by atoms with Gasteiger partial charge in [-0.05, 0) is 66.1 Å². The van der Waals surface area contributed by atoms with E-state index in [0.717, 1.165) is 16.7 Å². The number of carbonyl (C=O) groups is 1. The smallest absolute Gasteiger partial charge is 0.203 e. The molecular formula is C30H32O7. The van der Waals surface area contributed by atoms with Gasteiger partial charge in [0, 0.05) is 11.1 Å². The van der Waals surface area contributed by atoms with Crippen molar-refractivity contribution in [1.82, 2.24) is 0 Å². The molecule has 0 atom stereocenters. The fraction of sp³-hybridized carbons (Fsp3) is 0.233. The van der Waals surface area contributed by atoms with Crippen molar-refractivity contribution in [2.45, 2.75) is 6.42 Å². The number of ketones is 1. The second kappa shape index (κ2) is 13.1. The lowest BCUT2D eigenvalue weighted by Crippen LogP contribution is -1.99. The van der Waals surface area contributed by atoms with E-state index in [1.54, 1.807) is 73.0 Å². The van der Waals surface area contributed by atoms with Crippen LogP contribution >= 0.6 is 0 Å². The molecule has 194 valence electrons. The minimum atomic E-state index is -0.0981. The molecule has 0 aromatic heterocycles. The molecule has 3 rings (SSSR count). The molecule has 0 bridgehead atoms. The number of hydrogen-bond acceptors (Lipinski definition) is 7. The minimum absolute atomic E-state index is 0.0981. The van der Waals surface area contributed by atoms with Gasteiger partial charge in [-0.15, -0.1) is 0 Å². The highest BCUT2D eigenvalue weighted by molar-refractivity contribution is 6.04. The zero-order valence-corrected chi connectivity index (χ0v) is 22.0. The Balaban J connectivity index is 1.93. The molecule has 0 N–H and O–H groups in total. The summed E-state index contributed by atoms with van der Waals surface area (Å²) in [5, 5.41) is 0. The third-order valence-corrected chi connectivity index (χ3v) is 5.79. The summed E-state index contributed by atoms with van der Waals surface area (Å²) < 4.78 is 32.7. The first-order valence-corrected chi connectivity index (χ1v) is 11.6. The molecule has 0 amide bonds. The Hall–Kier alpha value is -4.39. The number of hydrogen-bond donors (Lipinski definition) is 0. The van der Waals surface area contributed by atoms with Gasteiger partial charge < -0.3 is 28.4 Å². The monoisotopic (exact) mass is 504 g/mol. The Bertz CT molecular complexity index is 1250. The molecule has 3 aromatic rings. The van der Waals surface area contributed by atoms with E-state index in [0.29, 0.717) is 46.5 Å². The molecule has 0 unspecified atom stereocenters. The van der Waals surface area contributed by atoms with Crippen LogP contribution in [0.25, 0.3) is 12.2 Å². The van der Waals surface area contributed by atoms with E-state index in [2.05, 4.69) is 0 Å². The van der Waals surface area contributed by atoms with Crippen molar-refractivity contribution in [3.63, 3.8) is 0 Å². The maximum atomic E-state index is 12.6. The molecule has 0 aliphatic carbocycles. The summed E-state index contributed by atoms with van der Waals surface area (Å²) in [5.74, 6) is 3.47. The number of ether oxygens (including phenoxy) is 6. The Labute approximate surface area is 217 Å². The van der Waals surface area contributed by atoms with E-state index in [1.165, 1.54) is 0 Å². The molecule has 0 radical (unpaired) electrons. The van der Waals surface area contributed by atoms with Gasteiger partial charge in [-0.3, -0.25) is 4.79 Å². The quantitative estimate of drug-likeness (QED) is 0.173. The first kappa shape index (κ1) is 27.2. The van der Waals surface area contributed by atoms with Crippen molar-refractivity contribution in [2.75, 3.05) is 42.7 Å². The summed E-state index contributed by atoms with van der Waals surface area (Å²) in [4.78, 5) is 12.6. The molecule has 37 heavy (non-hydrogen) atoms. The van der Waals surface area contributed by atoms with Crippen LogP contribution in [0.15, 0.2) is 60.7 Å². The standard InChI is InChI=1S/C30H32O7/c1-32-23-15-12-22(13-16-23)25(31)9-7-8-24-21(14-17-26(33-2)29(24)36-5)11-10-20-18-27(34-3)30(37-6)28(19-20)35-4/h7,9-19H,8H2,1-6H3/b9-7-,11-10-. The molecule has 0 heterocycles. The van der Waals surface area contributed by atoms with Gasteiger partial charge in [0.1, 0.15) is 5.75 Å². The maximum Gasteiger partial charge on any atom is 0.203 e. The summed E-state index contributed by atoms with van der Waals surface area (Å²) in [5.41, 5.74) is 3.23. The van der Waals surface area contributed by atoms with E-state index in [9.17, 15) is 4.79 Å². The second-order valence-corrected chi connectivity index (χ2v) is 7.86. The molecule has 0 fully saturated rings. The van der Waals surface area contributed by atoms with E-state index in [1.807, 2.05) is 42.5 Å². The van der Waals surface area contributed by atoms with Crippen LogP contribution in [0.2, 0.25) is 0 Å². The molecular weight excluding hydrogens is 472 g/mol. The molecule has 7 heteroatoms. The largest absolute Gasteiger partial charge is 0.497 e. The molecule has 3 aromatic carbocycles. The highest BCUT2D eigenvalue weighted by atomic mass is 16.5. The molecule has 0 saturated heterocycles. The highest BCUT2D eigenvalue weighted by Gasteiger charge is 2.15. The van der Waals surface area contributed by atoms with Crippen molar-refractivity contribution in [3.8, 4) is 34.5 Å². The lowest BCUT2D eigenvalue weighted by atomic mass is 10.00. The van der Waals surface area contributed by atoms with Crippen LogP contribution in [-0.4, -0.2) is 48.4 Å². The average Bonchev–Trinajstić information content (AvgIpc) is 2.95. The van der Waals surface area contributed by atoms with E-state index >= 15 is 0 Å². The van der Waals surface area contributed by atoms with Crippen LogP contribution < -0.4 is 28.4 Å². The lowest BCUT2D eigenvalue weighted by Gasteiger charge is -2.15. The van der Waals surface area contributed by atoms with Gasteiger partial charge >= 0.3 is 0 Å². The third-order valence-electron chi connectivity index (χ3n) is 5.79. The average molecular weight is 505 g/mol. The Morgan fingerprint density at radius 2 is 1.30 bits per heavy atom. The second-order valence-electron chi connectivity index (χ2n) is 7.86. The lowest BCUT2D eigenvalue weighted by molar-refractivity contribution is 0.104. The predicted octanol–water partition coefficient (Wildman–Crippen LogP) is 5.89. The predicted molar refractivity (Wildman–Crippen MR) is 145 cm³/mol. The number of carbonyl (C=O) groups excluding carboxylic acids is 1. The maximum absolute atomic E-state index is 12.6. The summed E-state index contributed by atoms with van der Waals surface area (Å²) in [6.45, 7) is 0. The van der Waals surface area contributed by atoms with Crippen LogP contribution in [0.1, 0.15) is 27.0 Å². The van der Waals surface area contributed by atoms with Crippen LogP contribution in [0, 0.1) is 0 Å². The van der Waals surface area contributed by atoms with Crippen molar-refractivity contribution in [2.24, 2.45) is 0 Å². The molecule has 0 spiro atoms. The van der Waals surface area contributed by atoms with Crippen LogP contribution in [0.4, 0.5) is 0 Å². The summed E-state index contributed by atoms with van der Waals surface area (Å²) in [6, 6.07) is 14.5. The van der Waals surface area contributed by atoms with Gasteiger partial charge in [0.05, 0.1) is 42.7 Å². The Morgan fingerprint density at radius 3 is 1.84 bits per heavy atom. The Kier molecular flexibility index (Phi) is 9.61. The van der Waals surface area contributed by atoms with Gasteiger partial charge in [0.15, 0.2) is 28.8 Å². The molecule has 0 aliphatic rings. The first-order valence-electron chi connectivity index (χ1n) is 11.6. The summed E-state index contributed by atoms with van der Waals surface area (Å²) >= 11 is 0. The van der Waals surface area contributed by atoms with Gasteiger partial charge in [-0.25, -0.2) is 0 Å². The van der Waals surface area contributed by atoms with E-state index in [4.69, 9.17) is 28.4 Å². The fourth-order valence-corrected chi connectivity index (χ4v) is 3.89. The highest BCUT2D eigenvalue weighted by Crippen LogP contribution is 2.39. The van der Waals surface area contributed by atoms with Crippen molar-refractivity contribution in [3.05, 3.63) is 82.9 Å². The normalized spacial score (nSPS) is 11.0. The van der Waals surface area contributed by atoms with Gasteiger partial charge in [-0.1, -0.05) is 24.3 Å². The first-order chi connectivity index (χ1) is 18.0. The zero-order valence-electron chi connectivity index (χ0n) is 22.0. The van der Waals surface area contributed by atoms with E-state index in [-0.39, 0.29) is 5.78 Å². The molecule has 0 saturated carbocycles. The minimum Gasteiger partial charge on any atom is -0.497 e. The Morgan fingerprint density at radius 1 is 0.676 bits per heavy atom. The van der Waals surface area contributed by atoms with Crippen molar-refractivity contribution < 1.29 is 33.2 Å². The van der Waals surface area contributed by atoms with Crippen LogP contribution in [0.3, 0.4) is 0 Å². The molecule has 7 nitrogen and oxygen atoms in total. The van der Waals surface area contributed by atoms with Crippen LogP contribution in [0.5, 0.6) is 34.5 Å². The summed E-state index contributed by atoms with van der Waals surface area (Å²) in [6.07, 6.45) is 7.75. The van der Waals surface area contributed by atoms with Crippen LogP contribution in [-0.2, 0) is 6.42 Å². The SMILES string of the molecule is COc1ccc(C(=O)/C=C\Cc2c(/C=C\c3cc(OC)c(OC)c(OC)c3)ccc(OC)c2OC)cc1. The van der Waals surface area contributed by atoms with Gasteiger partial charge in [0.25, 0.3) is 0 Å². The molecule has 0 aliphatic heterocycles. The van der Waals surface area contributed by atoms with Crippen molar-refractivity contribution >= 4 is 17.9 Å². The van der Waals surface area contributed by atoms with Gasteiger partial charge in [0.2, 0.25) is 5.75 Å². The zero-order chi connectivity index (χ0) is 26.8. The topological polar surface area (TPSA) is 72.5 Å². The van der Waals surface area contributed by atoms with E-state index < -0.39 is 0 Å². The fourth-order valence-electron chi connectivity index (χ4n) is 3.89. The van der Waals surface area contributed by atoms with Crippen molar-refractivity contribution in [1.29, 1.82) is 0 Å².